The van der Waals surface area contributed by atoms with Gasteiger partial charge in [0.25, 0.3) is 0 Å². The molecule has 1 fully saturated rings. The summed E-state index contributed by atoms with van der Waals surface area (Å²) in [4.78, 5) is 13.1. The zero-order valence-electron chi connectivity index (χ0n) is 9.96. The Labute approximate surface area is 101 Å². The van der Waals surface area contributed by atoms with Gasteiger partial charge >= 0.3 is 0 Å². The summed E-state index contributed by atoms with van der Waals surface area (Å²) in [7, 11) is 0. The molecule has 0 unspecified atom stereocenters. The Bertz CT molecular complexity index is 424. The summed E-state index contributed by atoms with van der Waals surface area (Å²) in [6, 6.07) is 6.07. The van der Waals surface area contributed by atoms with Crippen LogP contribution in [0.3, 0.4) is 0 Å². The number of rotatable bonds is 3. The van der Waals surface area contributed by atoms with Crippen LogP contribution in [0, 0.1) is 12.3 Å². The van der Waals surface area contributed by atoms with E-state index >= 15 is 0 Å². The zero-order chi connectivity index (χ0) is 11.8. The Balaban J connectivity index is 2.10. The first-order valence-corrected chi connectivity index (χ1v) is 6.74. The van der Waals surface area contributed by atoms with Gasteiger partial charge in [0.05, 0.1) is 0 Å². The van der Waals surface area contributed by atoms with Crippen LogP contribution in [0.4, 0.5) is 5.69 Å². The lowest BCUT2D eigenvalue weighted by Crippen LogP contribution is -2.21. The average Bonchev–Trinajstić information content (AvgIpc) is 2.98. The molecule has 0 spiro atoms. The Hall–Kier alpha value is -0.960. The van der Waals surface area contributed by atoms with Gasteiger partial charge in [0.2, 0.25) is 5.91 Å². The Morgan fingerprint density at radius 2 is 2.12 bits per heavy atom. The number of amides is 1. The monoisotopic (exact) mass is 235 g/mol. The third-order valence-corrected chi connectivity index (χ3v) is 4.10. The molecule has 1 aliphatic rings. The average molecular weight is 235 g/mol. The van der Waals surface area contributed by atoms with E-state index in [0.29, 0.717) is 0 Å². The van der Waals surface area contributed by atoms with Gasteiger partial charge in [-0.15, -0.1) is 11.8 Å². The highest BCUT2D eigenvalue weighted by atomic mass is 32.2. The van der Waals surface area contributed by atoms with Crippen molar-refractivity contribution in [1.82, 2.24) is 0 Å². The first kappa shape index (κ1) is 11.5. The van der Waals surface area contributed by atoms with Crippen molar-refractivity contribution in [3.63, 3.8) is 0 Å². The number of carbonyl (C=O) groups excluding carboxylic acids is 1. The summed E-state index contributed by atoms with van der Waals surface area (Å²) in [5.41, 5.74) is 2.02. The molecule has 3 heteroatoms. The summed E-state index contributed by atoms with van der Waals surface area (Å²) in [6.45, 7) is 4.09. The maximum absolute atomic E-state index is 11.8. The molecule has 1 N–H and O–H groups in total. The fraction of sp³-hybridized carbons (Fsp3) is 0.462. The second-order valence-corrected chi connectivity index (χ2v) is 5.55. The molecule has 1 saturated carbocycles. The zero-order valence-corrected chi connectivity index (χ0v) is 10.8. The molecular formula is C13H17NOS. The molecule has 16 heavy (non-hydrogen) atoms. The number of nitrogens with one attached hydrogen (secondary N) is 1. The largest absolute Gasteiger partial charge is 0.326 e. The topological polar surface area (TPSA) is 29.1 Å². The van der Waals surface area contributed by atoms with E-state index in [2.05, 4.69) is 24.6 Å². The number of benzene rings is 1. The van der Waals surface area contributed by atoms with Gasteiger partial charge in [-0.05, 0) is 49.8 Å². The predicted octanol–water partition coefficient (Wildman–Crippen LogP) is 3.46. The summed E-state index contributed by atoms with van der Waals surface area (Å²) in [5, 5.41) is 2.99. The molecule has 0 aromatic heterocycles. The minimum atomic E-state index is -0.105. The van der Waals surface area contributed by atoms with E-state index in [0.717, 1.165) is 18.5 Å². The van der Waals surface area contributed by atoms with Crippen LogP contribution < -0.4 is 5.32 Å². The highest BCUT2D eigenvalue weighted by Crippen LogP contribution is 2.45. The number of carbonyl (C=O) groups is 1. The van der Waals surface area contributed by atoms with Crippen molar-refractivity contribution in [3.8, 4) is 0 Å². The van der Waals surface area contributed by atoms with Crippen LogP contribution in [0.2, 0.25) is 0 Å². The van der Waals surface area contributed by atoms with Crippen molar-refractivity contribution in [3.05, 3.63) is 23.8 Å². The number of hydrogen-bond acceptors (Lipinski definition) is 2. The predicted molar refractivity (Wildman–Crippen MR) is 68.9 cm³/mol. The van der Waals surface area contributed by atoms with E-state index in [-0.39, 0.29) is 11.3 Å². The van der Waals surface area contributed by atoms with E-state index in [9.17, 15) is 4.79 Å². The van der Waals surface area contributed by atoms with Crippen LogP contribution in [-0.2, 0) is 4.79 Å². The van der Waals surface area contributed by atoms with Crippen molar-refractivity contribution in [2.75, 3.05) is 11.6 Å². The van der Waals surface area contributed by atoms with Crippen LogP contribution in [0.15, 0.2) is 23.1 Å². The SMILES string of the molecule is CSc1ccc(NC(=O)C2(C)CC2)cc1C. The molecule has 0 aliphatic heterocycles. The summed E-state index contributed by atoms with van der Waals surface area (Å²) >= 11 is 1.73. The Morgan fingerprint density at radius 3 is 2.62 bits per heavy atom. The summed E-state index contributed by atoms with van der Waals surface area (Å²) in [5.74, 6) is 0.156. The Kier molecular flexibility index (Phi) is 2.98. The van der Waals surface area contributed by atoms with Gasteiger partial charge in [0, 0.05) is 16.0 Å². The number of thioether (sulfide) groups is 1. The summed E-state index contributed by atoms with van der Waals surface area (Å²) < 4.78 is 0. The lowest BCUT2D eigenvalue weighted by atomic mass is 10.1. The minimum absolute atomic E-state index is 0.105. The molecule has 86 valence electrons. The van der Waals surface area contributed by atoms with E-state index in [1.807, 2.05) is 19.1 Å². The van der Waals surface area contributed by atoms with Crippen LogP contribution in [-0.4, -0.2) is 12.2 Å². The maximum atomic E-state index is 11.8. The van der Waals surface area contributed by atoms with Gasteiger partial charge in [0.15, 0.2) is 0 Å². The van der Waals surface area contributed by atoms with Gasteiger partial charge in [0.1, 0.15) is 0 Å². The van der Waals surface area contributed by atoms with Gasteiger partial charge in [-0.2, -0.15) is 0 Å². The number of hydrogen-bond donors (Lipinski definition) is 1. The smallest absolute Gasteiger partial charge is 0.230 e. The number of aryl methyl sites for hydroxylation is 1. The van der Waals surface area contributed by atoms with Crippen molar-refractivity contribution in [2.45, 2.75) is 31.6 Å². The molecule has 1 aromatic carbocycles. The lowest BCUT2D eigenvalue weighted by Gasteiger charge is -2.11. The van der Waals surface area contributed by atoms with Crippen molar-refractivity contribution < 1.29 is 4.79 Å². The highest BCUT2D eigenvalue weighted by Gasteiger charge is 2.44. The van der Waals surface area contributed by atoms with Gasteiger partial charge in [-0.25, -0.2) is 0 Å². The van der Waals surface area contributed by atoms with E-state index in [4.69, 9.17) is 0 Å². The van der Waals surface area contributed by atoms with Crippen molar-refractivity contribution in [2.24, 2.45) is 5.41 Å². The molecule has 1 aromatic rings. The summed E-state index contributed by atoms with van der Waals surface area (Å²) in [6.07, 6.45) is 4.09. The van der Waals surface area contributed by atoms with Crippen LogP contribution in [0.25, 0.3) is 0 Å². The fourth-order valence-electron chi connectivity index (χ4n) is 1.65. The van der Waals surface area contributed by atoms with Gasteiger partial charge in [-0.1, -0.05) is 6.92 Å². The van der Waals surface area contributed by atoms with Crippen molar-refractivity contribution >= 4 is 23.4 Å². The molecular weight excluding hydrogens is 218 g/mol. The lowest BCUT2D eigenvalue weighted by molar-refractivity contribution is -0.120. The third-order valence-electron chi connectivity index (χ3n) is 3.20. The first-order chi connectivity index (χ1) is 7.55. The second-order valence-electron chi connectivity index (χ2n) is 4.70. The van der Waals surface area contributed by atoms with Crippen LogP contribution in [0.5, 0.6) is 0 Å². The molecule has 1 aliphatic carbocycles. The molecule has 0 saturated heterocycles. The van der Waals surface area contributed by atoms with E-state index < -0.39 is 0 Å². The fourth-order valence-corrected chi connectivity index (χ4v) is 2.24. The maximum Gasteiger partial charge on any atom is 0.230 e. The third kappa shape index (κ3) is 2.24. The molecule has 0 heterocycles. The quantitative estimate of drug-likeness (QED) is 0.813. The number of anilines is 1. The molecule has 2 nitrogen and oxygen atoms in total. The van der Waals surface area contributed by atoms with Gasteiger partial charge < -0.3 is 5.32 Å². The molecule has 0 atom stereocenters. The van der Waals surface area contributed by atoms with Gasteiger partial charge in [-0.3, -0.25) is 4.79 Å². The van der Waals surface area contributed by atoms with E-state index in [1.165, 1.54) is 10.5 Å². The molecule has 2 rings (SSSR count). The minimum Gasteiger partial charge on any atom is -0.326 e. The molecule has 1 amide bonds. The van der Waals surface area contributed by atoms with E-state index in [1.54, 1.807) is 11.8 Å². The standard InChI is InChI=1S/C13H17NOS/c1-9-8-10(4-5-11(9)16-3)14-12(15)13(2)6-7-13/h4-5,8H,6-7H2,1-3H3,(H,14,15). The highest BCUT2D eigenvalue weighted by molar-refractivity contribution is 7.98. The van der Waals surface area contributed by atoms with Crippen LogP contribution in [0.1, 0.15) is 25.3 Å². The second kappa shape index (κ2) is 4.13. The molecule has 0 radical (unpaired) electrons. The molecule has 0 bridgehead atoms. The Morgan fingerprint density at radius 1 is 1.44 bits per heavy atom. The first-order valence-electron chi connectivity index (χ1n) is 5.51. The van der Waals surface area contributed by atoms with Crippen molar-refractivity contribution in [1.29, 1.82) is 0 Å². The normalized spacial score (nSPS) is 16.9. The van der Waals surface area contributed by atoms with Crippen LogP contribution >= 0.6 is 11.8 Å².